The maximum absolute atomic E-state index is 12.9. The highest BCUT2D eigenvalue weighted by atomic mass is 19.1. The van der Waals surface area contributed by atoms with Gasteiger partial charge >= 0.3 is 0 Å². The zero-order chi connectivity index (χ0) is 12.7. The average Bonchev–Trinajstić information content (AvgIpc) is 2.34. The van der Waals surface area contributed by atoms with Crippen LogP contribution in [0.25, 0.3) is 0 Å². The standard InChI is InChI=1S/C14H17FO2/c1-3-11(14(16)4-2)8-9-17-13-7-5-6-12(15)10-13/h3,5-7,10H,4,8-9H2,1-2H3/b11-3-. The Bertz CT molecular complexity index is 410. The molecule has 0 saturated carbocycles. The SMILES string of the molecule is C/C=C(/CCOc1cccc(F)c1)C(=O)CC. The highest BCUT2D eigenvalue weighted by Crippen LogP contribution is 2.13. The molecule has 0 unspecified atom stereocenters. The fraction of sp³-hybridized carbons (Fsp3) is 0.357. The molecule has 0 aliphatic rings. The van der Waals surface area contributed by atoms with Crippen LogP contribution in [0.1, 0.15) is 26.7 Å². The Morgan fingerprint density at radius 1 is 1.47 bits per heavy atom. The number of hydrogen-bond acceptors (Lipinski definition) is 2. The van der Waals surface area contributed by atoms with E-state index in [1.165, 1.54) is 12.1 Å². The highest BCUT2D eigenvalue weighted by Gasteiger charge is 2.06. The minimum Gasteiger partial charge on any atom is -0.493 e. The van der Waals surface area contributed by atoms with Crippen LogP contribution in [0.4, 0.5) is 4.39 Å². The normalized spacial score (nSPS) is 11.4. The Hall–Kier alpha value is -1.64. The smallest absolute Gasteiger partial charge is 0.158 e. The minimum absolute atomic E-state index is 0.135. The lowest BCUT2D eigenvalue weighted by atomic mass is 10.1. The summed E-state index contributed by atoms with van der Waals surface area (Å²) in [6.07, 6.45) is 2.86. The average molecular weight is 236 g/mol. The quantitative estimate of drug-likeness (QED) is 0.706. The molecule has 0 N–H and O–H groups in total. The van der Waals surface area contributed by atoms with Gasteiger partial charge in [0.1, 0.15) is 11.6 Å². The number of carbonyl (C=O) groups excluding carboxylic acids is 1. The predicted molar refractivity (Wildman–Crippen MR) is 65.6 cm³/mol. The molecule has 0 saturated heterocycles. The molecular formula is C14H17FO2. The number of Topliss-reactive ketones (excluding diaryl/α,β-unsaturated/α-hetero) is 1. The van der Waals surface area contributed by atoms with Crippen LogP contribution in [0.15, 0.2) is 35.9 Å². The topological polar surface area (TPSA) is 26.3 Å². The number of hydrogen-bond donors (Lipinski definition) is 0. The lowest BCUT2D eigenvalue weighted by Gasteiger charge is -2.07. The van der Waals surface area contributed by atoms with Crippen LogP contribution >= 0.6 is 0 Å². The molecule has 0 spiro atoms. The van der Waals surface area contributed by atoms with Gasteiger partial charge in [-0.25, -0.2) is 4.39 Å². The molecule has 0 heterocycles. The summed E-state index contributed by atoms with van der Waals surface area (Å²) < 4.78 is 18.2. The largest absolute Gasteiger partial charge is 0.493 e. The zero-order valence-corrected chi connectivity index (χ0v) is 10.2. The lowest BCUT2D eigenvalue weighted by Crippen LogP contribution is -2.06. The van der Waals surface area contributed by atoms with Crippen molar-refractivity contribution in [1.82, 2.24) is 0 Å². The molecule has 0 atom stereocenters. The summed E-state index contributed by atoms with van der Waals surface area (Å²) in [5.41, 5.74) is 0.768. The Morgan fingerprint density at radius 2 is 2.24 bits per heavy atom. The summed E-state index contributed by atoms with van der Waals surface area (Å²) in [4.78, 5) is 11.5. The van der Waals surface area contributed by atoms with Gasteiger partial charge in [0.15, 0.2) is 5.78 Å². The zero-order valence-electron chi connectivity index (χ0n) is 10.2. The number of rotatable bonds is 6. The van der Waals surface area contributed by atoms with E-state index < -0.39 is 0 Å². The Kier molecular flexibility index (Phi) is 5.40. The van der Waals surface area contributed by atoms with Gasteiger partial charge in [0, 0.05) is 18.9 Å². The third-order valence-electron chi connectivity index (χ3n) is 2.46. The molecule has 1 aromatic rings. The second-order valence-corrected chi connectivity index (χ2v) is 3.65. The summed E-state index contributed by atoms with van der Waals surface area (Å²) in [6.45, 7) is 4.05. The second-order valence-electron chi connectivity index (χ2n) is 3.65. The summed E-state index contributed by atoms with van der Waals surface area (Å²) in [6, 6.07) is 5.99. The van der Waals surface area contributed by atoms with Crippen molar-refractivity contribution >= 4 is 5.78 Å². The Morgan fingerprint density at radius 3 is 2.82 bits per heavy atom. The molecular weight excluding hydrogens is 219 g/mol. The number of benzene rings is 1. The summed E-state index contributed by atoms with van der Waals surface area (Å²) in [5.74, 6) is 0.304. The molecule has 0 aliphatic heterocycles. The molecule has 0 aromatic heterocycles. The van der Waals surface area contributed by atoms with E-state index in [-0.39, 0.29) is 11.6 Å². The van der Waals surface area contributed by atoms with Crippen molar-refractivity contribution in [3.8, 4) is 5.75 Å². The molecule has 17 heavy (non-hydrogen) atoms. The molecule has 0 amide bonds. The van der Waals surface area contributed by atoms with Gasteiger partial charge in [-0.15, -0.1) is 0 Å². The molecule has 1 aromatic carbocycles. The summed E-state index contributed by atoms with van der Waals surface area (Å²) in [7, 11) is 0. The van der Waals surface area contributed by atoms with E-state index in [1.54, 1.807) is 18.2 Å². The molecule has 0 aliphatic carbocycles. The third-order valence-corrected chi connectivity index (χ3v) is 2.46. The first-order chi connectivity index (χ1) is 8.17. The molecule has 0 radical (unpaired) electrons. The van der Waals surface area contributed by atoms with E-state index in [0.717, 1.165) is 5.57 Å². The number of ketones is 1. The van der Waals surface area contributed by atoms with Gasteiger partial charge in [-0.05, 0) is 24.6 Å². The van der Waals surface area contributed by atoms with Gasteiger partial charge in [-0.1, -0.05) is 19.1 Å². The van der Waals surface area contributed by atoms with E-state index in [9.17, 15) is 9.18 Å². The van der Waals surface area contributed by atoms with E-state index in [0.29, 0.717) is 25.2 Å². The monoisotopic (exact) mass is 236 g/mol. The Balaban J connectivity index is 2.45. The maximum Gasteiger partial charge on any atom is 0.158 e. The van der Waals surface area contributed by atoms with Crippen molar-refractivity contribution in [2.45, 2.75) is 26.7 Å². The molecule has 92 valence electrons. The molecule has 0 bridgehead atoms. The number of halogens is 1. The lowest BCUT2D eigenvalue weighted by molar-refractivity contribution is -0.115. The fourth-order valence-electron chi connectivity index (χ4n) is 1.51. The summed E-state index contributed by atoms with van der Waals surface area (Å²) in [5, 5.41) is 0. The first kappa shape index (κ1) is 13.4. The van der Waals surface area contributed by atoms with E-state index in [2.05, 4.69) is 0 Å². The van der Waals surface area contributed by atoms with Crippen LogP contribution < -0.4 is 4.74 Å². The van der Waals surface area contributed by atoms with Crippen LogP contribution in [-0.4, -0.2) is 12.4 Å². The van der Waals surface area contributed by atoms with Crippen molar-refractivity contribution in [1.29, 1.82) is 0 Å². The molecule has 3 heteroatoms. The van der Waals surface area contributed by atoms with Crippen molar-refractivity contribution in [2.75, 3.05) is 6.61 Å². The van der Waals surface area contributed by atoms with Gasteiger partial charge in [0.25, 0.3) is 0 Å². The number of carbonyl (C=O) groups is 1. The first-order valence-electron chi connectivity index (χ1n) is 5.74. The van der Waals surface area contributed by atoms with Gasteiger partial charge < -0.3 is 4.74 Å². The van der Waals surface area contributed by atoms with E-state index in [4.69, 9.17) is 4.74 Å². The van der Waals surface area contributed by atoms with Crippen molar-refractivity contribution in [2.24, 2.45) is 0 Å². The highest BCUT2D eigenvalue weighted by molar-refractivity contribution is 5.94. The first-order valence-corrected chi connectivity index (χ1v) is 5.74. The minimum atomic E-state index is -0.321. The van der Waals surface area contributed by atoms with Gasteiger partial charge in [0.2, 0.25) is 0 Å². The third kappa shape index (κ3) is 4.39. The van der Waals surface area contributed by atoms with Crippen LogP contribution in [0.5, 0.6) is 5.75 Å². The van der Waals surface area contributed by atoms with Crippen molar-refractivity contribution in [3.63, 3.8) is 0 Å². The van der Waals surface area contributed by atoms with Crippen LogP contribution in [0.2, 0.25) is 0 Å². The Labute approximate surface area is 101 Å². The fourth-order valence-corrected chi connectivity index (χ4v) is 1.51. The van der Waals surface area contributed by atoms with Crippen molar-refractivity contribution < 1.29 is 13.9 Å². The van der Waals surface area contributed by atoms with Crippen LogP contribution in [-0.2, 0) is 4.79 Å². The van der Waals surface area contributed by atoms with Gasteiger partial charge in [0.05, 0.1) is 6.61 Å². The van der Waals surface area contributed by atoms with Gasteiger partial charge in [-0.2, -0.15) is 0 Å². The molecule has 2 nitrogen and oxygen atoms in total. The van der Waals surface area contributed by atoms with E-state index in [1.807, 2.05) is 13.8 Å². The van der Waals surface area contributed by atoms with Crippen LogP contribution in [0, 0.1) is 5.82 Å². The summed E-state index contributed by atoms with van der Waals surface area (Å²) >= 11 is 0. The second kappa shape index (κ2) is 6.84. The predicted octanol–water partition coefficient (Wildman–Crippen LogP) is 3.52. The van der Waals surface area contributed by atoms with Gasteiger partial charge in [-0.3, -0.25) is 4.79 Å². The number of allylic oxidation sites excluding steroid dienone is 1. The van der Waals surface area contributed by atoms with E-state index >= 15 is 0 Å². The van der Waals surface area contributed by atoms with Crippen LogP contribution in [0.3, 0.4) is 0 Å². The maximum atomic E-state index is 12.9. The number of ether oxygens (including phenoxy) is 1. The van der Waals surface area contributed by atoms with Crippen molar-refractivity contribution in [3.05, 3.63) is 41.7 Å². The molecule has 1 rings (SSSR count). The molecule has 0 fully saturated rings.